The predicted molar refractivity (Wildman–Crippen MR) is 70.5 cm³/mol. The topological polar surface area (TPSA) is 95.7 Å². The Kier molecular flexibility index (Phi) is 3.69. The molecule has 0 aliphatic heterocycles. The largest absolute Gasteiger partial charge is 0.337 e. The van der Waals surface area contributed by atoms with Crippen LogP contribution in [0.4, 0.5) is 4.39 Å². The Hall–Kier alpha value is -2.61. The van der Waals surface area contributed by atoms with E-state index in [0.717, 1.165) is 5.56 Å². The number of aromatic nitrogens is 5. The molecule has 0 bridgehead atoms. The summed E-state index contributed by atoms with van der Waals surface area (Å²) < 4.78 is 19.8. The lowest BCUT2D eigenvalue weighted by atomic mass is 10.1. The van der Waals surface area contributed by atoms with Crippen LogP contribution < -0.4 is 5.73 Å². The van der Waals surface area contributed by atoms with Crippen LogP contribution >= 0.6 is 0 Å². The number of nitrogens with two attached hydrogens (primary N) is 1. The van der Waals surface area contributed by atoms with Gasteiger partial charge in [0.15, 0.2) is 5.82 Å². The molecule has 0 saturated heterocycles. The number of hydrogen-bond donors (Lipinski definition) is 1. The minimum absolute atomic E-state index is 0.284. The van der Waals surface area contributed by atoms with Crippen molar-refractivity contribution >= 4 is 0 Å². The first kappa shape index (κ1) is 13.4. The Bertz CT molecular complexity index is 738. The van der Waals surface area contributed by atoms with Crippen LogP contribution in [-0.4, -0.2) is 25.1 Å². The highest BCUT2D eigenvalue weighted by Crippen LogP contribution is 2.09. The van der Waals surface area contributed by atoms with E-state index < -0.39 is 0 Å². The molecule has 0 aliphatic rings. The molecule has 1 aromatic carbocycles. The van der Waals surface area contributed by atoms with E-state index in [1.165, 1.54) is 12.1 Å². The molecule has 0 unspecified atom stereocenters. The number of halogens is 1. The lowest BCUT2D eigenvalue weighted by Gasteiger charge is -1.96. The summed E-state index contributed by atoms with van der Waals surface area (Å²) in [4.78, 5) is 4.25. The molecular weight excluding hydrogens is 275 g/mol. The number of benzene rings is 1. The summed E-state index contributed by atoms with van der Waals surface area (Å²) in [6.07, 6.45) is 2.13. The smallest absolute Gasteiger partial charge is 0.248 e. The summed E-state index contributed by atoms with van der Waals surface area (Å²) in [7, 11) is 0. The molecule has 108 valence electrons. The molecule has 2 aromatic heterocycles. The molecule has 0 saturated carbocycles. The second-order valence-corrected chi connectivity index (χ2v) is 4.52. The molecule has 0 aliphatic carbocycles. The molecular formula is C13H13FN6O. The summed E-state index contributed by atoms with van der Waals surface area (Å²) in [5.74, 6) is 0.623. The van der Waals surface area contributed by atoms with E-state index in [-0.39, 0.29) is 5.82 Å². The number of hydrogen-bond acceptors (Lipinski definition) is 6. The fourth-order valence-corrected chi connectivity index (χ4v) is 1.90. The van der Waals surface area contributed by atoms with Crippen LogP contribution in [0.3, 0.4) is 0 Å². The van der Waals surface area contributed by atoms with E-state index in [4.69, 9.17) is 10.3 Å². The monoisotopic (exact) mass is 288 g/mol. The van der Waals surface area contributed by atoms with Gasteiger partial charge in [-0.05, 0) is 17.7 Å². The van der Waals surface area contributed by atoms with Gasteiger partial charge in [0.25, 0.3) is 0 Å². The van der Waals surface area contributed by atoms with Gasteiger partial charge in [0.05, 0.1) is 11.9 Å². The maximum atomic E-state index is 13.1. The maximum Gasteiger partial charge on any atom is 0.248 e. The SMILES string of the molecule is NCc1cn(Cc2nc(Cc3cccc(F)c3)no2)nn1. The third-order valence-electron chi connectivity index (χ3n) is 2.85. The summed E-state index contributed by atoms with van der Waals surface area (Å²) in [6, 6.07) is 6.30. The third-order valence-corrected chi connectivity index (χ3v) is 2.85. The first-order chi connectivity index (χ1) is 10.2. The second-order valence-electron chi connectivity index (χ2n) is 4.52. The Labute approximate surface area is 119 Å². The Morgan fingerprint density at radius 1 is 1.33 bits per heavy atom. The van der Waals surface area contributed by atoms with E-state index in [1.54, 1.807) is 16.9 Å². The number of nitrogens with zero attached hydrogens (tertiary/aromatic N) is 5. The molecule has 0 radical (unpaired) electrons. The average Bonchev–Trinajstić information content (AvgIpc) is 3.09. The second kappa shape index (κ2) is 5.80. The fraction of sp³-hybridized carbons (Fsp3) is 0.231. The van der Waals surface area contributed by atoms with Gasteiger partial charge in [0, 0.05) is 13.0 Å². The van der Waals surface area contributed by atoms with Crippen LogP contribution in [0.2, 0.25) is 0 Å². The van der Waals surface area contributed by atoms with E-state index in [1.807, 2.05) is 6.07 Å². The minimum atomic E-state index is -0.284. The van der Waals surface area contributed by atoms with E-state index in [0.29, 0.717) is 36.9 Å². The van der Waals surface area contributed by atoms with Crippen molar-refractivity contribution in [2.24, 2.45) is 5.73 Å². The van der Waals surface area contributed by atoms with Crippen LogP contribution in [-0.2, 0) is 19.5 Å². The molecule has 0 atom stereocenters. The molecule has 3 rings (SSSR count). The fourth-order valence-electron chi connectivity index (χ4n) is 1.90. The standard InChI is InChI=1S/C13H13FN6O/c14-10-3-1-2-9(4-10)5-12-16-13(21-18-12)8-20-7-11(6-15)17-19-20/h1-4,7H,5-6,8,15H2. The molecule has 0 amide bonds. The van der Waals surface area contributed by atoms with E-state index in [9.17, 15) is 4.39 Å². The van der Waals surface area contributed by atoms with Crippen molar-refractivity contribution in [3.8, 4) is 0 Å². The molecule has 7 nitrogen and oxygen atoms in total. The van der Waals surface area contributed by atoms with Crippen molar-refractivity contribution in [3.63, 3.8) is 0 Å². The quantitative estimate of drug-likeness (QED) is 0.749. The highest BCUT2D eigenvalue weighted by molar-refractivity contribution is 5.19. The first-order valence-electron chi connectivity index (χ1n) is 6.38. The van der Waals surface area contributed by atoms with Crippen LogP contribution in [0.25, 0.3) is 0 Å². The van der Waals surface area contributed by atoms with Gasteiger partial charge in [-0.25, -0.2) is 9.07 Å². The Balaban J connectivity index is 1.68. The number of rotatable bonds is 5. The maximum absolute atomic E-state index is 13.1. The van der Waals surface area contributed by atoms with E-state index in [2.05, 4.69) is 20.5 Å². The Morgan fingerprint density at radius 3 is 3.00 bits per heavy atom. The Morgan fingerprint density at radius 2 is 2.24 bits per heavy atom. The van der Waals surface area contributed by atoms with Crippen LogP contribution in [0.15, 0.2) is 35.0 Å². The zero-order valence-corrected chi connectivity index (χ0v) is 11.1. The molecule has 0 fully saturated rings. The lowest BCUT2D eigenvalue weighted by molar-refractivity contribution is 0.360. The predicted octanol–water partition coefficient (Wildman–Crippen LogP) is 0.898. The zero-order valence-electron chi connectivity index (χ0n) is 11.1. The normalized spacial score (nSPS) is 11.0. The molecule has 2 N–H and O–H groups in total. The van der Waals surface area contributed by atoms with Crippen molar-refractivity contribution in [1.82, 2.24) is 25.1 Å². The average molecular weight is 288 g/mol. The lowest BCUT2D eigenvalue weighted by Crippen LogP contribution is -2.01. The molecule has 3 aromatic rings. The van der Waals surface area contributed by atoms with Gasteiger partial charge in [-0.1, -0.05) is 22.5 Å². The summed E-state index contributed by atoms with van der Waals surface area (Å²) in [6.45, 7) is 0.651. The van der Waals surface area contributed by atoms with Crippen molar-refractivity contribution < 1.29 is 8.91 Å². The molecule has 8 heteroatoms. The van der Waals surface area contributed by atoms with Gasteiger partial charge in [-0.15, -0.1) is 5.10 Å². The zero-order chi connectivity index (χ0) is 14.7. The van der Waals surface area contributed by atoms with Gasteiger partial charge in [-0.3, -0.25) is 0 Å². The van der Waals surface area contributed by atoms with Crippen molar-refractivity contribution in [2.75, 3.05) is 0 Å². The summed E-state index contributed by atoms with van der Waals surface area (Å²) >= 11 is 0. The molecule has 21 heavy (non-hydrogen) atoms. The van der Waals surface area contributed by atoms with Gasteiger partial charge in [0.1, 0.15) is 12.4 Å². The summed E-state index contributed by atoms with van der Waals surface area (Å²) in [5.41, 5.74) is 6.94. The van der Waals surface area contributed by atoms with Crippen LogP contribution in [0.1, 0.15) is 23.0 Å². The highest BCUT2D eigenvalue weighted by atomic mass is 19.1. The van der Waals surface area contributed by atoms with Gasteiger partial charge in [0.2, 0.25) is 5.89 Å². The van der Waals surface area contributed by atoms with Gasteiger partial charge >= 0.3 is 0 Å². The third kappa shape index (κ3) is 3.29. The molecule has 2 heterocycles. The van der Waals surface area contributed by atoms with Gasteiger partial charge in [-0.2, -0.15) is 4.98 Å². The highest BCUT2D eigenvalue weighted by Gasteiger charge is 2.09. The minimum Gasteiger partial charge on any atom is -0.337 e. The first-order valence-corrected chi connectivity index (χ1v) is 6.38. The van der Waals surface area contributed by atoms with Crippen LogP contribution in [0, 0.1) is 5.82 Å². The molecule has 0 spiro atoms. The van der Waals surface area contributed by atoms with Crippen LogP contribution in [0.5, 0.6) is 0 Å². The van der Waals surface area contributed by atoms with Crippen molar-refractivity contribution in [3.05, 3.63) is 59.3 Å². The van der Waals surface area contributed by atoms with Crippen molar-refractivity contribution in [2.45, 2.75) is 19.5 Å². The van der Waals surface area contributed by atoms with Gasteiger partial charge < -0.3 is 10.3 Å². The van der Waals surface area contributed by atoms with E-state index >= 15 is 0 Å². The van der Waals surface area contributed by atoms with Crippen molar-refractivity contribution in [1.29, 1.82) is 0 Å². The summed E-state index contributed by atoms with van der Waals surface area (Å²) in [5, 5.41) is 11.6.